The molecule has 0 radical (unpaired) electrons. The molecule has 0 amide bonds. The molecule has 0 spiro atoms. The van der Waals surface area contributed by atoms with E-state index in [0.29, 0.717) is 35.1 Å². The molecule has 2 heterocycles. The molecule has 0 fully saturated rings. The first-order valence-corrected chi connectivity index (χ1v) is 17.4. The average Bonchev–Trinajstić information content (AvgIpc) is 3.76. The maximum atomic E-state index is 13.9. The molecule has 2 aromatic heterocycles. The van der Waals surface area contributed by atoms with E-state index >= 15 is 0 Å². The standard InChI is InChI=1S/C42H36N4O6/c1-23-33(45-21-43-23)17-27-19-35(31-13-11-25-7-3-5-9-29(25)39(31)41(27)49)51-37(47)15-16-38(48)52-36-20-28(18-34-24(2)44-22-46-34)42(50)40-30-10-6-4-8-26(30)12-14-32(36)40/h3-16,21-22,27-28,35-36H,17-20H2,1-2H3,(H,43,45)(H,44,46)/b16-15-. The number of nitrogens with one attached hydrogen (secondary N) is 2. The van der Waals surface area contributed by atoms with Crippen LogP contribution in [0.15, 0.2) is 97.6 Å². The molecule has 0 saturated heterocycles. The van der Waals surface area contributed by atoms with E-state index in [9.17, 15) is 19.2 Å². The van der Waals surface area contributed by atoms with Crippen LogP contribution in [0.3, 0.4) is 0 Å². The summed E-state index contributed by atoms with van der Waals surface area (Å²) in [4.78, 5) is 69.4. The lowest BCUT2D eigenvalue weighted by Crippen LogP contribution is -2.30. The number of esters is 2. The summed E-state index contributed by atoms with van der Waals surface area (Å²) < 4.78 is 11.9. The number of Topliss-reactive ketones (excluding diaryl/α,β-unsaturated/α-hetero) is 2. The SMILES string of the molecule is Cc1[nH]cnc1CC1CC(OC(=O)/C=C\C(=O)OC2CC(Cc3nc[nH]c3C)C(=O)c3c2ccc2ccccc32)c2ccc3ccccc3c2C1=O. The maximum absolute atomic E-state index is 13.9. The summed E-state index contributed by atoms with van der Waals surface area (Å²) >= 11 is 0. The van der Waals surface area contributed by atoms with Crippen LogP contribution in [0.4, 0.5) is 0 Å². The van der Waals surface area contributed by atoms with Crippen LogP contribution in [0.25, 0.3) is 21.5 Å². The van der Waals surface area contributed by atoms with Crippen molar-refractivity contribution in [2.45, 2.75) is 51.7 Å². The molecule has 2 N–H and O–H groups in total. The molecule has 8 rings (SSSR count). The Bertz CT molecular complexity index is 2250. The van der Waals surface area contributed by atoms with Crippen molar-refractivity contribution in [2.75, 3.05) is 0 Å². The zero-order chi connectivity index (χ0) is 35.9. The Balaban J connectivity index is 1.03. The average molecular weight is 693 g/mol. The van der Waals surface area contributed by atoms with Gasteiger partial charge < -0.3 is 19.4 Å². The highest BCUT2D eigenvalue weighted by Crippen LogP contribution is 2.42. The van der Waals surface area contributed by atoms with E-state index in [0.717, 1.165) is 56.5 Å². The van der Waals surface area contributed by atoms with Crippen molar-refractivity contribution in [1.29, 1.82) is 0 Å². The molecular weight excluding hydrogens is 656 g/mol. The first-order valence-electron chi connectivity index (χ1n) is 17.4. The molecule has 10 heteroatoms. The van der Waals surface area contributed by atoms with Crippen LogP contribution in [-0.4, -0.2) is 43.4 Å². The monoisotopic (exact) mass is 692 g/mol. The predicted octanol–water partition coefficient (Wildman–Crippen LogP) is 7.37. The zero-order valence-electron chi connectivity index (χ0n) is 28.7. The summed E-state index contributed by atoms with van der Waals surface area (Å²) in [6.07, 6.45) is 5.25. The van der Waals surface area contributed by atoms with Gasteiger partial charge in [-0.05, 0) is 48.2 Å². The minimum absolute atomic E-state index is 0.0135. The lowest BCUT2D eigenvalue weighted by Gasteiger charge is -2.31. The number of fused-ring (bicyclic) bond motifs is 6. The van der Waals surface area contributed by atoms with Gasteiger partial charge in [0.1, 0.15) is 12.2 Å². The quantitative estimate of drug-likeness (QED) is 0.124. The van der Waals surface area contributed by atoms with Crippen LogP contribution < -0.4 is 0 Å². The summed E-state index contributed by atoms with van der Waals surface area (Å²) in [7, 11) is 0. The van der Waals surface area contributed by atoms with E-state index in [4.69, 9.17) is 9.47 Å². The second kappa shape index (κ2) is 13.5. The van der Waals surface area contributed by atoms with Crippen LogP contribution in [-0.2, 0) is 31.9 Å². The summed E-state index contributed by atoms with van der Waals surface area (Å²) in [5.41, 5.74) is 5.70. The number of carbonyl (C=O) groups is 4. The number of benzene rings is 4. The number of rotatable bonds is 8. The van der Waals surface area contributed by atoms with Gasteiger partial charge in [-0.2, -0.15) is 0 Å². The molecule has 6 aromatic rings. The number of aromatic amines is 2. The Morgan fingerprint density at radius 1 is 0.654 bits per heavy atom. The molecule has 0 saturated carbocycles. The molecule has 4 unspecified atom stereocenters. The molecule has 2 aliphatic rings. The minimum Gasteiger partial charge on any atom is -0.454 e. The Hall–Kier alpha value is -6.16. The van der Waals surface area contributed by atoms with Crippen molar-refractivity contribution in [2.24, 2.45) is 11.8 Å². The van der Waals surface area contributed by atoms with Crippen LogP contribution in [0.2, 0.25) is 0 Å². The van der Waals surface area contributed by atoms with Crippen LogP contribution >= 0.6 is 0 Å². The van der Waals surface area contributed by atoms with Gasteiger partial charge in [-0.3, -0.25) is 9.59 Å². The van der Waals surface area contributed by atoms with E-state index < -0.39 is 36.0 Å². The van der Waals surface area contributed by atoms with Gasteiger partial charge in [-0.15, -0.1) is 0 Å². The summed E-state index contributed by atoms with van der Waals surface area (Å²) in [5.74, 6) is -2.42. The van der Waals surface area contributed by atoms with Gasteiger partial charge in [-0.25, -0.2) is 19.6 Å². The normalized spacial score (nSPS) is 19.9. The third kappa shape index (κ3) is 6.10. The van der Waals surface area contributed by atoms with Crippen molar-refractivity contribution >= 4 is 45.0 Å². The Morgan fingerprint density at radius 2 is 1.08 bits per heavy atom. The molecule has 10 nitrogen and oxygen atoms in total. The number of carbonyl (C=O) groups excluding carboxylic acids is 4. The van der Waals surface area contributed by atoms with Crippen LogP contribution in [0.5, 0.6) is 0 Å². The first kappa shape index (κ1) is 33.0. The second-order valence-corrected chi connectivity index (χ2v) is 13.6. The fourth-order valence-electron chi connectivity index (χ4n) is 7.78. The molecule has 52 heavy (non-hydrogen) atoms. The highest BCUT2D eigenvalue weighted by Gasteiger charge is 2.39. The maximum Gasteiger partial charge on any atom is 0.331 e. The molecule has 4 atom stereocenters. The summed E-state index contributed by atoms with van der Waals surface area (Å²) in [6, 6.07) is 22.8. The fraction of sp³-hybridized carbons (Fsp3) is 0.238. The van der Waals surface area contributed by atoms with E-state index in [-0.39, 0.29) is 24.4 Å². The van der Waals surface area contributed by atoms with Crippen LogP contribution in [0, 0.1) is 25.7 Å². The van der Waals surface area contributed by atoms with Gasteiger partial charge in [0.2, 0.25) is 0 Å². The Morgan fingerprint density at radius 3 is 1.48 bits per heavy atom. The largest absolute Gasteiger partial charge is 0.454 e. The topological polar surface area (TPSA) is 144 Å². The zero-order valence-corrected chi connectivity index (χ0v) is 28.7. The number of hydrogen-bond acceptors (Lipinski definition) is 8. The second-order valence-electron chi connectivity index (χ2n) is 13.6. The third-order valence-electron chi connectivity index (χ3n) is 10.5. The van der Waals surface area contributed by atoms with Crippen molar-refractivity contribution in [3.8, 4) is 0 Å². The third-order valence-corrected chi connectivity index (χ3v) is 10.5. The Kier molecular flexibility index (Phi) is 8.58. The van der Waals surface area contributed by atoms with E-state index in [1.807, 2.05) is 86.6 Å². The molecule has 260 valence electrons. The number of nitrogens with zero attached hydrogens (tertiary/aromatic N) is 2. The van der Waals surface area contributed by atoms with Crippen molar-refractivity contribution in [1.82, 2.24) is 19.9 Å². The molecule has 0 aliphatic heterocycles. The van der Waals surface area contributed by atoms with Gasteiger partial charge in [0.05, 0.1) is 24.0 Å². The van der Waals surface area contributed by atoms with Crippen LogP contribution in [0.1, 0.15) is 79.7 Å². The van der Waals surface area contributed by atoms with Gasteiger partial charge in [0, 0.05) is 70.5 Å². The number of H-pyrrole nitrogens is 2. The first-order chi connectivity index (χ1) is 25.2. The smallest absolute Gasteiger partial charge is 0.331 e. The predicted molar refractivity (Wildman–Crippen MR) is 194 cm³/mol. The van der Waals surface area contributed by atoms with E-state index in [2.05, 4.69) is 19.9 Å². The number of ether oxygens (including phenoxy) is 2. The number of imidazole rings is 2. The summed E-state index contributed by atoms with van der Waals surface area (Å²) in [5, 5.41) is 3.43. The van der Waals surface area contributed by atoms with E-state index in [1.54, 1.807) is 12.7 Å². The van der Waals surface area contributed by atoms with Gasteiger partial charge in [0.15, 0.2) is 11.6 Å². The van der Waals surface area contributed by atoms with E-state index in [1.165, 1.54) is 0 Å². The lowest BCUT2D eigenvalue weighted by molar-refractivity contribution is -0.147. The fourth-order valence-corrected chi connectivity index (χ4v) is 7.78. The summed E-state index contributed by atoms with van der Waals surface area (Å²) in [6.45, 7) is 3.82. The minimum atomic E-state index is -0.734. The Labute approximate surface area is 299 Å². The van der Waals surface area contributed by atoms with Crippen molar-refractivity contribution in [3.63, 3.8) is 0 Å². The molecule has 2 aliphatic carbocycles. The highest BCUT2D eigenvalue weighted by molar-refractivity contribution is 6.12. The number of ketones is 2. The van der Waals surface area contributed by atoms with Crippen molar-refractivity contribution < 1.29 is 28.7 Å². The van der Waals surface area contributed by atoms with Crippen molar-refractivity contribution in [3.05, 3.63) is 143 Å². The number of aromatic nitrogens is 4. The van der Waals surface area contributed by atoms with Gasteiger partial charge in [-0.1, -0.05) is 72.8 Å². The highest BCUT2D eigenvalue weighted by atomic mass is 16.5. The number of aryl methyl sites for hydroxylation is 2. The molecule has 4 aromatic carbocycles. The molecular formula is C42H36N4O6. The number of hydrogen-bond donors (Lipinski definition) is 2. The molecule has 0 bridgehead atoms. The van der Waals surface area contributed by atoms with Gasteiger partial charge >= 0.3 is 11.9 Å². The van der Waals surface area contributed by atoms with Gasteiger partial charge in [0.25, 0.3) is 0 Å². The lowest BCUT2D eigenvalue weighted by atomic mass is 9.77.